The Morgan fingerprint density at radius 3 is 2.31 bits per heavy atom. The predicted octanol–water partition coefficient (Wildman–Crippen LogP) is 5.36. The molecule has 0 aliphatic rings. The van der Waals surface area contributed by atoms with Crippen LogP contribution in [0.5, 0.6) is 11.5 Å². The lowest BCUT2D eigenvalue weighted by Gasteiger charge is -2.13. The number of nitrogens with one attached hydrogen (secondary N) is 2. The van der Waals surface area contributed by atoms with Crippen molar-refractivity contribution in [3.05, 3.63) is 72.6 Å². The van der Waals surface area contributed by atoms with E-state index >= 15 is 0 Å². The van der Waals surface area contributed by atoms with Gasteiger partial charge in [0, 0.05) is 27.7 Å². The van der Waals surface area contributed by atoms with Crippen LogP contribution in [0.4, 0.5) is 17.2 Å². The Morgan fingerprint density at radius 1 is 0.906 bits per heavy atom. The van der Waals surface area contributed by atoms with Crippen LogP contribution in [-0.4, -0.2) is 36.4 Å². The first-order chi connectivity index (χ1) is 15.6. The fourth-order valence-corrected chi connectivity index (χ4v) is 3.88. The second kappa shape index (κ2) is 9.57. The Labute approximate surface area is 190 Å². The van der Waals surface area contributed by atoms with Gasteiger partial charge in [0.15, 0.2) is 11.5 Å². The molecule has 32 heavy (non-hydrogen) atoms. The monoisotopic (exact) mass is 446 g/mol. The number of hydrogen-bond acceptors (Lipinski definition) is 7. The Balaban J connectivity index is 1.54. The van der Waals surface area contributed by atoms with Gasteiger partial charge in [0.2, 0.25) is 0 Å². The molecule has 0 unspecified atom stereocenters. The fourth-order valence-electron chi connectivity index (χ4n) is 3.29. The van der Waals surface area contributed by atoms with Gasteiger partial charge in [-0.25, -0.2) is 9.97 Å². The molecule has 3 aromatic carbocycles. The molecule has 0 bridgehead atoms. The highest BCUT2D eigenvalue weighted by Gasteiger charge is 2.12. The summed E-state index contributed by atoms with van der Waals surface area (Å²) in [5, 5.41) is 7.05. The van der Waals surface area contributed by atoms with Gasteiger partial charge in [-0.05, 0) is 48.7 Å². The van der Waals surface area contributed by atoms with Gasteiger partial charge in [-0.15, -0.1) is 11.8 Å². The van der Waals surface area contributed by atoms with Crippen molar-refractivity contribution in [2.24, 2.45) is 0 Å². The molecule has 2 N–H and O–H groups in total. The Kier molecular flexibility index (Phi) is 6.42. The number of benzene rings is 3. The zero-order valence-corrected chi connectivity index (χ0v) is 18.7. The molecule has 0 saturated carbocycles. The summed E-state index contributed by atoms with van der Waals surface area (Å²) in [6.07, 6.45) is 3.45. The number of carbonyl (C=O) groups excluding carboxylic acids is 1. The van der Waals surface area contributed by atoms with E-state index in [1.807, 2.05) is 66.9 Å². The molecule has 0 fully saturated rings. The molecule has 0 saturated heterocycles. The summed E-state index contributed by atoms with van der Waals surface area (Å²) in [7, 11) is 3.18. The number of aromatic nitrogens is 2. The van der Waals surface area contributed by atoms with Crippen LogP contribution < -0.4 is 20.1 Å². The molecule has 1 heterocycles. The van der Waals surface area contributed by atoms with Gasteiger partial charge in [-0.1, -0.05) is 12.1 Å². The number of rotatable bonds is 7. The van der Waals surface area contributed by atoms with E-state index in [-0.39, 0.29) is 5.91 Å². The van der Waals surface area contributed by atoms with Crippen LogP contribution in [0, 0.1) is 0 Å². The third-order valence-corrected chi connectivity index (χ3v) is 5.69. The Hall–Kier alpha value is -3.78. The van der Waals surface area contributed by atoms with Crippen molar-refractivity contribution in [1.29, 1.82) is 0 Å². The quantitative estimate of drug-likeness (QED) is 0.369. The van der Waals surface area contributed by atoms with Crippen LogP contribution in [0.3, 0.4) is 0 Å². The minimum absolute atomic E-state index is 0.140. The minimum Gasteiger partial charge on any atom is -0.493 e. The molecule has 1 amide bonds. The molecule has 1 aromatic heterocycles. The SMILES string of the molecule is COc1cc2ncnc(Nc3ccc(NC(=O)c4ccccc4SC)cc3)c2cc1OC. The van der Waals surface area contributed by atoms with Gasteiger partial charge < -0.3 is 20.1 Å². The number of methoxy groups -OCH3 is 2. The van der Waals surface area contributed by atoms with Gasteiger partial charge in [0.05, 0.1) is 25.3 Å². The van der Waals surface area contributed by atoms with Crippen molar-refractivity contribution in [2.45, 2.75) is 4.90 Å². The molecule has 7 nitrogen and oxygen atoms in total. The third kappa shape index (κ3) is 4.45. The standard InChI is InChI=1S/C24H22N4O3S/c1-30-20-12-18-19(13-21(20)31-2)25-14-26-23(18)27-15-8-10-16(11-9-15)28-24(29)17-6-4-5-7-22(17)32-3/h4-14H,1-3H3,(H,28,29)(H,25,26,27). The number of amides is 1. The molecule has 0 aliphatic heterocycles. The van der Waals surface area contributed by atoms with Crippen LogP contribution >= 0.6 is 11.8 Å². The van der Waals surface area contributed by atoms with Gasteiger partial charge in [0.1, 0.15) is 12.1 Å². The van der Waals surface area contributed by atoms with Crippen LogP contribution in [0.15, 0.2) is 71.9 Å². The van der Waals surface area contributed by atoms with Crippen molar-refractivity contribution in [2.75, 3.05) is 31.1 Å². The Morgan fingerprint density at radius 2 is 1.59 bits per heavy atom. The second-order valence-corrected chi connectivity index (χ2v) is 7.65. The van der Waals surface area contributed by atoms with Crippen molar-refractivity contribution in [3.63, 3.8) is 0 Å². The van der Waals surface area contributed by atoms with Crippen LogP contribution in [0.1, 0.15) is 10.4 Å². The summed E-state index contributed by atoms with van der Waals surface area (Å²) in [6.45, 7) is 0. The highest BCUT2D eigenvalue weighted by molar-refractivity contribution is 7.98. The number of carbonyl (C=O) groups is 1. The van der Waals surface area contributed by atoms with Crippen molar-refractivity contribution in [3.8, 4) is 11.5 Å². The fraction of sp³-hybridized carbons (Fsp3) is 0.125. The molecule has 0 atom stereocenters. The smallest absolute Gasteiger partial charge is 0.256 e. The molecular weight excluding hydrogens is 424 g/mol. The predicted molar refractivity (Wildman–Crippen MR) is 129 cm³/mol. The molecule has 0 aliphatic carbocycles. The lowest BCUT2D eigenvalue weighted by Crippen LogP contribution is -2.12. The number of hydrogen-bond donors (Lipinski definition) is 2. The number of nitrogens with zero attached hydrogens (tertiary/aromatic N) is 2. The first-order valence-corrected chi connectivity index (χ1v) is 11.0. The van der Waals surface area contributed by atoms with Gasteiger partial charge in [-0.2, -0.15) is 0 Å². The average Bonchev–Trinajstić information content (AvgIpc) is 2.84. The second-order valence-electron chi connectivity index (χ2n) is 6.80. The first kappa shape index (κ1) is 21.5. The summed E-state index contributed by atoms with van der Waals surface area (Å²) in [4.78, 5) is 22.3. The number of ether oxygens (including phenoxy) is 2. The maximum atomic E-state index is 12.6. The summed E-state index contributed by atoms with van der Waals surface area (Å²) in [6, 6.07) is 18.6. The maximum absolute atomic E-state index is 12.6. The molecule has 0 radical (unpaired) electrons. The van der Waals surface area contributed by atoms with Gasteiger partial charge in [-0.3, -0.25) is 4.79 Å². The molecule has 8 heteroatoms. The molecule has 4 rings (SSSR count). The van der Waals surface area contributed by atoms with Crippen molar-refractivity contribution < 1.29 is 14.3 Å². The molecule has 0 spiro atoms. The van der Waals surface area contributed by atoms with Crippen LogP contribution in [0.2, 0.25) is 0 Å². The number of thioether (sulfide) groups is 1. The van der Waals surface area contributed by atoms with Crippen molar-refractivity contribution >= 4 is 45.8 Å². The van der Waals surface area contributed by atoms with E-state index in [0.29, 0.717) is 28.6 Å². The lowest BCUT2D eigenvalue weighted by molar-refractivity contribution is 0.102. The van der Waals surface area contributed by atoms with E-state index in [0.717, 1.165) is 21.5 Å². The highest BCUT2D eigenvalue weighted by atomic mass is 32.2. The molecular formula is C24H22N4O3S. The largest absolute Gasteiger partial charge is 0.493 e. The normalized spacial score (nSPS) is 10.6. The summed E-state index contributed by atoms with van der Waals surface area (Å²) >= 11 is 1.54. The van der Waals surface area contributed by atoms with E-state index in [1.165, 1.54) is 6.33 Å². The van der Waals surface area contributed by atoms with Crippen LogP contribution in [0.25, 0.3) is 10.9 Å². The van der Waals surface area contributed by atoms with E-state index in [9.17, 15) is 4.79 Å². The summed E-state index contributed by atoms with van der Waals surface area (Å²) in [5.41, 5.74) is 2.91. The van der Waals surface area contributed by atoms with Gasteiger partial charge >= 0.3 is 0 Å². The average molecular weight is 447 g/mol. The maximum Gasteiger partial charge on any atom is 0.256 e. The summed E-state index contributed by atoms with van der Waals surface area (Å²) in [5.74, 6) is 1.70. The molecule has 4 aromatic rings. The topological polar surface area (TPSA) is 85.4 Å². The van der Waals surface area contributed by atoms with E-state index in [4.69, 9.17) is 9.47 Å². The van der Waals surface area contributed by atoms with E-state index in [2.05, 4.69) is 20.6 Å². The van der Waals surface area contributed by atoms with E-state index in [1.54, 1.807) is 26.0 Å². The van der Waals surface area contributed by atoms with E-state index < -0.39 is 0 Å². The van der Waals surface area contributed by atoms with Crippen LogP contribution in [-0.2, 0) is 0 Å². The third-order valence-electron chi connectivity index (χ3n) is 4.90. The highest BCUT2D eigenvalue weighted by Crippen LogP contribution is 2.34. The first-order valence-electron chi connectivity index (χ1n) is 9.81. The van der Waals surface area contributed by atoms with Gasteiger partial charge in [0.25, 0.3) is 5.91 Å². The lowest BCUT2D eigenvalue weighted by atomic mass is 10.2. The number of anilines is 3. The zero-order chi connectivity index (χ0) is 22.5. The minimum atomic E-state index is -0.140. The number of fused-ring (bicyclic) bond motifs is 1. The zero-order valence-electron chi connectivity index (χ0n) is 17.9. The summed E-state index contributed by atoms with van der Waals surface area (Å²) < 4.78 is 10.8. The Bertz CT molecular complexity index is 1260. The molecule has 162 valence electrons. The van der Waals surface area contributed by atoms with Crippen molar-refractivity contribution in [1.82, 2.24) is 9.97 Å².